The first-order chi connectivity index (χ1) is 18.3. The Labute approximate surface area is 227 Å². The maximum Gasteiger partial charge on any atom is 0.475 e. The molecule has 1 aliphatic rings. The van der Waals surface area contributed by atoms with E-state index in [1.807, 2.05) is 32.2 Å². The van der Waals surface area contributed by atoms with Crippen LogP contribution in [0.4, 0.5) is 13.2 Å². The number of alkyl halides is 3. The van der Waals surface area contributed by atoms with Crippen LogP contribution in [0, 0.1) is 16.7 Å². The summed E-state index contributed by atoms with van der Waals surface area (Å²) in [7, 11) is -1.97. The minimum absolute atomic E-state index is 0.00227. The van der Waals surface area contributed by atoms with Gasteiger partial charge in [-0.05, 0) is 30.2 Å². The second kappa shape index (κ2) is 15.0. The van der Waals surface area contributed by atoms with Crippen LogP contribution in [0.1, 0.15) is 39.2 Å². The molecule has 0 saturated carbocycles. The molecule has 2 rings (SSSR count). The molecule has 13 heteroatoms. The number of nitrogens with zero attached hydrogens (tertiary/aromatic N) is 2. The molecule has 1 aromatic rings. The summed E-state index contributed by atoms with van der Waals surface area (Å²) < 4.78 is 45.2. The number of carbonyl (C=O) groups excluding carboxylic acids is 2. The fourth-order valence-corrected chi connectivity index (χ4v) is 4.17. The summed E-state index contributed by atoms with van der Waals surface area (Å²) in [5.41, 5.74) is 0.278. The van der Waals surface area contributed by atoms with Crippen LogP contribution in [-0.4, -0.2) is 84.4 Å². The van der Waals surface area contributed by atoms with E-state index in [4.69, 9.17) is 4.74 Å². The molecule has 0 aliphatic carbocycles. The molecule has 0 radical (unpaired) electrons. The van der Waals surface area contributed by atoms with Crippen LogP contribution in [0.25, 0.3) is 0 Å². The number of halogens is 3. The third kappa shape index (κ3) is 10.6. The van der Waals surface area contributed by atoms with Crippen molar-refractivity contribution in [3.8, 4) is 6.07 Å². The first kappa shape index (κ1) is 32.3. The predicted octanol–water partition coefficient (Wildman–Crippen LogP) is 1.75. The molecule has 0 bridgehead atoms. The Morgan fingerprint density at radius 3 is 2.49 bits per heavy atom. The molecular formula is C26H36BF3N4O5. The van der Waals surface area contributed by atoms with E-state index in [-0.39, 0.29) is 18.6 Å². The molecular weight excluding hydrogens is 516 g/mol. The van der Waals surface area contributed by atoms with E-state index >= 15 is 0 Å². The maximum atomic E-state index is 13.9. The quantitative estimate of drug-likeness (QED) is 0.127. The Morgan fingerprint density at radius 2 is 1.92 bits per heavy atom. The molecule has 9 nitrogen and oxygen atoms in total. The molecule has 1 aromatic carbocycles. The summed E-state index contributed by atoms with van der Waals surface area (Å²) in [5.74, 6) is -2.62. The summed E-state index contributed by atoms with van der Waals surface area (Å²) in [6.45, 7) is 5.37. The number of carbonyl (C=O) groups is 2. The highest BCUT2D eigenvalue weighted by molar-refractivity contribution is 6.43. The van der Waals surface area contributed by atoms with Crippen molar-refractivity contribution in [3.05, 3.63) is 47.5 Å². The lowest BCUT2D eigenvalue weighted by atomic mass is 9.76. The molecule has 4 N–H and O–H groups in total. The van der Waals surface area contributed by atoms with Crippen LogP contribution >= 0.6 is 0 Å². The van der Waals surface area contributed by atoms with Gasteiger partial charge in [0, 0.05) is 6.54 Å². The molecule has 4 unspecified atom stereocenters. The van der Waals surface area contributed by atoms with E-state index in [0.29, 0.717) is 24.9 Å². The largest absolute Gasteiger partial charge is 0.475 e. The highest BCUT2D eigenvalue weighted by Crippen LogP contribution is 2.23. The molecule has 2 amide bonds. The number of allylic oxidation sites excluding steroid dienone is 1. The Hall–Kier alpha value is -2.92. The maximum absolute atomic E-state index is 13.9. The number of ether oxygens (including phenoxy) is 1. The molecule has 39 heavy (non-hydrogen) atoms. The Kier molecular flexibility index (Phi) is 12.4. The number of nitrogens with one attached hydrogen (secondary N) is 2. The molecule has 1 saturated heterocycles. The standard InChI is InChI=1S/C26H36BF3N4O5/c1-26(2,3)13-18(14-31)25(36)34-11-7-10-19(34)15-39-16-20(32-23(30)22(28)29)24(35)33-21(27(37)38)12-17-8-5-4-6-9-17/h4-6,8-9,13,19-23,32,37-38H,7,10-12,15-16H2,1-3H3,(H,33,35). The monoisotopic (exact) mass is 552 g/mol. The Balaban J connectivity index is 2.07. The van der Waals surface area contributed by atoms with Crippen molar-refractivity contribution >= 4 is 18.9 Å². The van der Waals surface area contributed by atoms with E-state index in [0.717, 1.165) is 0 Å². The number of benzene rings is 1. The number of hydrogen-bond acceptors (Lipinski definition) is 7. The van der Waals surface area contributed by atoms with Crippen molar-refractivity contribution in [1.29, 1.82) is 5.26 Å². The Bertz CT molecular complexity index is 1020. The van der Waals surface area contributed by atoms with Crippen molar-refractivity contribution in [1.82, 2.24) is 15.5 Å². The lowest BCUT2D eigenvalue weighted by molar-refractivity contribution is -0.130. The van der Waals surface area contributed by atoms with E-state index in [9.17, 15) is 38.1 Å². The van der Waals surface area contributed by atoms with Crippen molar-refractivity contribution in [3.63, 3.8) is 0 Å². The Morgan fingerprint density at radius 1 is 1.26 bits per heavy atom. The average Bonchev–Trinajstić information content (AvgIpc) is 3.34. The lowest BCUT2D eigenvalue weighted by Crippen LogP contribution is -2.57. The van der Waals surface area contributed by atoms with Gasteiger partial charge in [-0.15, -0.1) is 0 Å². The number of hydrogen-bond donors (Lipinski definition) is 4. The predicted molar refractivity (Wildman–Crippen MR) is 139 cm³/mol. The highest BCUT2D eigenvalue weighted by atomic mass is 19.3. The second-order valence-corrected chi connectivity index (χ2v) is 10.5. The zero-order valence-corrected chi connectivity index (χ0v) is 22.3. The summed E-state index contributed by atoms with van der Waals surface area (Å²) in [6.07, 6.45) is -3.42. The van der Waals surface area contributed by atoms with Gasteiger partial charge in [0.25, 0.3) is 12.3 Å². The summed E-state index contributed by atoms with van der Waals surface area (Å²) >= 11 is 0. The summed E-state index contributed by atoms with van der Waals surface area (Å²) in [6, 6.07) is 8.53. The number of amides is 2. The van der Waals surface area contributed by atoms with Crippen LogP contribution in [0.2, 0.25) is 0 Å². The molecule has 1 heterocycles. The number of likely N-dealkylation sites (tertiary alicyclic amines) is 1. The second-order valence-electron chi connectivity index (χ2n) is 10.5. The van der Waals surface area contributed by atoms with Crippen LogP contribution in [-0.2, 0) is 20.7 Å². The van der Waals surface area contributed by atoms with Crippen molar-refractivity contribution in [2.45, 2.75) is 70.8 Å². The third-order valence-electron chi connectivity index (χ3n) is 6.05. The molecule has 0 aromatic heterocycles. The van der Waals surface area contributed by atoms with Gasteiger partial charge in [0.2, 0.25) is 12.2 Å². The lowest BCUT2D eigenvalue weighted by Gasteiger charge is -2.27. The molecule has 0 spiro atoms. The minimum Gasteiger partial charge on any atom is -0.426 e. The van der Waals surface area contributed by atoms with E-state index in [1.165, 1.54) is 4.90 Å². The zero-order valence-electron chi connectivity index (χ0n) is 22.3. The summed E-state index contributed by atoms with van der Waals surface area (Å²) in [4.78, 5) is 27.3. The van der Waals surface area contributed by atoms with Gasteiger partial charge in [-0.3, -0.25) is 14.9 Å². The van der Waals surface area contributed by atoms with Crippen molar-refractivity contribution in [2.75, 3.05) is 19.8 Å². The van der Waals surface area contributed by atoms with Gasteiger partial charge in [-0.25, -0.2) is 13.2 Å². The van der Waals surface area contributed by atoms with Crippen LogP contribution in [0.3, 0.4) is 0 Å². The molecule has 1 fully saturated rings. The van der Waals surface area contributed by atoms with Gasteiger partial charge in [0.15, 0.2) is 0 Å². The van der Waals surface area contributed by atoms with Crippen molar-refractivity contribution < 1.29 is 37.5 Å². The van der Waals surface area contributed by atoms with Gasteiger partial charge < -0.3 is 25.0 Å². The summed E-state index contributed by atoms with van der Waals surface area (Å²) in [5, 5.41) is 33.2. The first-order valence-corrected chi connectivity index (χ1v) is 12.7. The van der Waals surface area contributed by atoms with E-state index in [2.05, 4.69) is 5.32 Å². The van der Waals surface area contributed by atoms with Crippen LogP contribution in [0.15, 0.2) is 42.0 Å². The van der Waals surface area contributed by atoms with Gasteiger partial charge in [-0.2, -0.15) is 5.26 Å². The first-order valence-electron chi connectivity index (χ1n) is 12.7. The SMILES string of the molecule is CC(C)(C)C=C(C#N)C(=O)N1CCCC1COCC(NC(F)C(F)F)C(=O)NC(Cc1ccccc1)B(O)O. The molecule has 1 aliphatic heterocycles. The third-order valence-corrected chi connectivity index (χ3v) is 6.05. The van der Waals surface area contributed by atoms with Gasteiger partial charge in [0.1, 0.15) is 17.7 Å². The smallest absolute Gasteiger partial charge is 0.426 e. The number of rotatable bonds is 13. The van der Waals surface area contributed by atoms with Gasteiger partial charge in [0.05, 0.1) is 25.2 Å². The topological polar surface area (TPSA) is 135 Å². The zero-order chi connectivity index (χ0) is 29.2. The highest BCUT2D eigenvalue weighted by Gasteiger charge is 2.34. The van der Waals surface area contributed by atoms with Crippen LogP contribution in [0.5, 0.6) is 0 Å². The normalized spacial score (nSPS) is 18.4. The fraction of sp³-hybridized carbons (Fsp3) is 0.577. The van der Waals surface area contributed by atoms with Gasteiger partial charge in [-0.1, -0.05) is 57.2 Å². The van der Waals surface area contributed by atoms with Crippen LogP contribution < -0.4 is 10.6 Å². The van der Waals surface area contributed by atoms with Gasteiger partial charge >= 0.3 is 7.12 Å². The molecule has 4 atom stereocenters. The fourth-order valence-electron chi connectivity index (χ4n) is 4.17. The average molecular weight is 552 g/mol. The van der Waals surface area contributed by atoms with E-state index in [1.54, 1.807) is 36.4 Å². The van der Waals surface area contributed by atoms with E-state index < -0.39 is 61.7 Å². The molecule has 214 valence electrons. The minimum atomic E-state index is -3.41. The number of nitriles is 1. The van der Waals surface area contributed by atoms with Crippen molar-refractivity contribution in [2.24, 2.45) is 5.41 Å².